The molecule has 1 saturated heterocycles. The van der Waals surface area contributed by atoms with E-state index in [-0.39, 0.29) is 24.3 Å². The zero-order chi connectivity index (χ0) is 13.5. The highest BCUT2D eigenvalue weighted by Gasteiger charge is 2.24. The van der Waals surface area contributed by atoms with Crippen LogP contribution in [0.3, 0.4) is 0 Å². The zero-order valence-corrected chi connectivity index (χ0v) is 11.1. The van der Waals surface area contributed by atoms with Crippen LogP contribution in [0.5, 0.6) is 0 Å². The highest BCUT2D eigenvalue weighted by molar-refractivity contribution is 5.77. The number of hydrogen-bond donors (Lipinski definition) is 2. The highest BCUT2D eigenvalue weighted by atomic mass is 16.4. The van der Waals surface area contributed by atoms with Crippen LogP contribution in [0, 0.1) is 5.92 Å². The van der Waals surface area contributed by atoms with Crippen molar-refractivity contribution in [2.24, 2.45) is 11.7 Å². The topological polar surface area (TPSA) is 83.6 Å². The maximum atomic E-state index is 11.9. The van der Waals surface area contributed by atoms with Crippen LogP contribution in [0.2, 0.25) is 0 Å². The summed E-state index contributed by atoms with van der Waals surface area (Å²) >= 11 is 0. The molecule has 0 aromatic heterocycles. The number of carbonyl (C=O) groups is 2. The maximum Gasteiger partial charge on any atom is 0.303 e. The van der Waals surface area contributed by atoms with Gasteiger partial charge < -0.3 is 15.7 Å². The predicted molar refractivity (Wildman–Crippen MR) is 69.1 cm³/mol. The fourth-order valence-electron chi connectivity index (χ4n) is 2.46. The SMILES string of the molecule is CCCC(N)CC(=O)N1CCC(CC(=O)O)CC1. The molecule has 1 unspecified atom stereocenters. The third kappa shape index (κ3) is 5.04. The molecule has 0 aliphatic carbocycles. The molecule has 0 spiro atoms. The summed E-state index contributed by atoms with van der Waals surface area (Å²) in [6, 6.07) is -0.0424. The fourth-order valence-corrected chi connectivity index (χ4v) is 2.46. The summed E-state index contributed by atoms with van der Waals surface area (Å²) < 4.78 is 0. The zero-order valence-electron chi connectivity index (χ0n) is 11.1. The number of amides is 1. The molecule has 0 aromatic carbocycles. The maximum absolute atomic E-state index is 11.9. The predicted octanol–water partition coefficient (Wildman–Crippen LogP) is 1.22. The Labute approximate surface area is 108 Å². The van der Waals surface area contributed by atoms with Gasteiger partial charge in [0.25, 0.3) is 0 Å². The van der Waals surface area contributed by atoms with E-state index >= 15 is 0 Å². The molecule has 1 amide bonds. The summed E-state index contributed by atoms with van der Waals surface area (Å²) in [5.41, 5.74) is 5.86. The number of carboxylic acid groups (broad SMARTS) is 1. The van der Waals surface area contributed by atoms with Crippen LogP contribution >= 0.6 is 0 Å². The van der Waals surface area contributed by atoms with Gasteiger partial charge in [-0.25, -0.2) is 0 Å². The standard InChI is InChI=1S/C13H24N2O3/c1-2-3-11(14)9-12(16)15-6-4-10(5-7-15)8-13(17)18/h10-11H,2-9,14H2,1H3,(H,17,18). The van der Waals surface area contributed by atoms with Crippen LogP contribution < -0.4 is 5.73 Å². The van der Waals surface area contributed by atoms with E-state index in [4.69, 9.17) is 10.8 Å². The second-order valence-corrected chi connectivity index (χ2v) is 5.17. The molecule has 0 saturated carbocycles. The summed E-state index contributed by atoms with van der Waals surface area (Å²) in [4.78, 5) is 24.4. The molecule has 18 heavy (non-hydrogen) atoms. The Balaban J connectivity index is 2.29. The van der Waals surface area contributed by atoms with Gasteiger partial charge in [0.2, 0.25) is 5.91 Å². The van der Waals surface area contributed by atoms with E-state index in [2.05, 4.69) is 6.92 Å². The number of nitrogens with two attached hydrogens (primary N) is 1. The van der Waals surface area contributed by atoms with Gasteiger partial charge in [0.1, 0.15) is 0 Å². The van der Waals surface area contributed by atoms with Gasteiger partial charge >= 0.3 is 5.97 Å². The molecule has 5 nitrogen and oxygen atoms in total. The molecule has 1 rings (SSSR count). The second kappa shape index (κ2) is 7.36. The summed E-state index contributed by atoms with van der Waals surface area (Å²) in [5.74, 6) is -0.412. The normalized spacial score (nSPS) is 18.7. The number of piperidine rings is 1. The quantitative estimate of drug-likeness (QED) is 0.748. The third-order valence-corrected chi connectivity index (χ3v) is 3.53. The highest BCUT2D eigenvalue weighted by Crippen LogP contribution is 2.21. The minimum absolute atomic E-state index is 0.0424. The minimum Gasteiger partial charge on any atom is -0.481 e. The van der Waals surface area contributed by atoms with E-state index < -0.39 is 5.97 Å². The number of hydrogen-bond acceptors (Lipinski definition) is 3. The van der Waals surface area contributed by atoms with Crippen molar-refractivity contribution in [1.82, 2.24) is 4.90 Å². The van der Waals surface area contributed by atoms with Crippen LogP contribution in [0.15, 0.2) is 0 Å². The third-order valence-electron chi connectivity index (χ3n) is 3.53. The van der Waals surface area contributed by atoms with E-state index in [1.54, 1.807) is 0 Å². The van der Waals surface area contributed by atoms with Crippen LogP contribution in [0.1, 0.15) is 45.4 Å². The Morgan fingerprint density at radius 3 is 2.50 bits per heavy atom. The van der Waals surface area contributed by atoms with Crippen LogP contribution in [0.25, 0.3) is 0 Å². The van der Waals surface area contributed by atoms with E-state index in [0.717, 1.165) is 25.7 Å². The summed E-state index contributed by atoms with van der Waals surface area (Å²) in [6.07, 6.45) is 4.09. The fraction of sp³-hybridized carbons (Fsp3) is 0.846. The molecule has 3 N–H and O–H groups in total. The molecule has 1 aliphatic heterocycles. The molecule has 0 radical (unpaired) electrons. The Bertz CT molecular complexity index is 286. The van der Waals surface area contributed by atoms with Crippen LogP contribution in [-0.4, -0.2) is 41.0 Å². The summed E-state index contributed by atoms with van der Waals surface area (Å²) in [6.45, 7) is 3.41. The lowest BCUT2D eigenvalue weighted by molar-refractivity contribution is -0.138. The first-order valence-corrected chi connectivity index (χ1v) is 6.78. The Kier molecular flexibility index (Phi) is 6.12. The first kappa shape index (κ1) is 15.0. The van der Waals surface area contributed by atoms with Gasteiger partial charge in [-0.1, -0.05) is 13.3 Å². The molecule has 104 valence electrons. The number of aliphatic carboxylic acids is 1. The monoisotopic (exact) mass is 256 g/mol. The lowest BCUT2D eigenvalue weighted by Gasteiger charge is -2.32. The van der Waals surface area contributed by atoms with Crippen molar-refractivity contribution in [3.05, 3.63) is 0 Å². The first-order chi connectivity index (χ1) is 8.52. The van der Waals surface area contributed by atoms with E-state index in [1.165, 1.54) is 0 Å². The molecule has 1 aliphatic rings. The molecule has 1 atom stereocenters. The van der Waals surface area contributed by atoms with Gasteiger partial charge in [-0.05, 0) is 25.2 Å². The minimum atomic E-state index is -0.746. The smallest absolute Gasteiger partial charge is 0.303 e. The van der Waals surface area contributed by atoms with Crippen molar-refractivity contribution >= 4 is 11.9 Å². The van der Waals surface area contributed by atoms with Gasteiger partial charge in [-0.3, -0.25) is 9.59 Å². The van der Waals surface area contributed by atoms with E-state index in [0.29, 0.717) is 19.5 Å². The number of nitrogens with zero attached hydrogens (tertiary/aromatic N) is 1. The van der Waals surface area contributed by atoms with Gasteiger partial charge in [0, 0.05) is 32.0 Å². The number of carbonyl (C=O) groups excluding carboxylic acids is 1. The van der Waals surface area contributed by atoms with Gasteiger partial charge in [0.15, 0.2) is 0 Å². The molecule has 0 aromatic rings. The van der Waals surface area contributed by atoms with Crippen molar-refractivity contribution in [3.8, 4) is 0 Å². The Hall–Kier alpha value is -1.10. The van der Waals surface area contributed by atoms with Gasteiger partial charge in [0.05, 0.1) is 0 Å². The van der Waals surface area contributed by atoms with E-state index in [9.17, 15) is 9.59 Å². The van der Waals surface area contributed by atoms with Gasteiger partial charge in [-0.2, -0.15) is 0 Å². The molecule has 0 bridgehead atoms. The summed E-state index contributed by atoms with van der Waals surface area (Å²) in [7, 11) is 0. The van der Waals surface area contributed by atoms with Crippen LogP contribution in [0.4, 0.5) is 0 Å². The van der Waals surface area contributed by atoms with Crippen molar-refractivity contribution < 1.29 is 14.7 Å². The van der Waals surface area contributed by atoms with Crippen LogP contribution in [-0.2, 0) is 9.59 Å². The Morgan fingerprint density at radius 1 is 1.39 bits per heavy atom. The molecular formula is C13H24N2O3. The molecule has 1 fully saturated rings. The van der Waals surface area contributed by atoms with Crippen molar-refractivity contribution in [1.29, 1.82) is 0 Å². The average molecular weight is 256 g/mol. The largest absolute Gasteiger partial charge is 0.481 e. The van der Waals surface area contributed by atoms with Crippen molar-refractivity contribution in [2.45, 2.75) is 51.5 Å². The average Bonchev–Trinajstić information content (AvgIpc) is 2.29. The van der Waals surface area contributed by atoms with Crippen molar-refractivity contribution in [2.75, 3.05) is 13.1 Å². The molecule has 5 heteroatoms. The lowest BCUT2D eigenvalue weighted by Crippen LogP contribution is -2.41. The first-order valence-electron chi connectivity index (χ1n) is 6.78. The molecule has 1 heterocycles. The lowest BCUT2D eigenvalue weighted by atomic mass is 9.93. The Morgan fingerprint density at radius 2 is 2.00 bits per heavy atom. The van der Waals surface area contributed by atoms with E-state index in [1.807, 2.05) is 4.90 Å². The second-order valence-electron chi connectivity index (χ2n) is 5.17. The number of carboxylic acids is 1. The van der Waals surface area contributed by atoms with Gasteiger partial charge in [-0.15, -0.1) is 0 Å². The number of likely N-dealkylation sites (tertiary alicyclic amines) is 1. The molecular weight excluding hydrogens is 232 g/mol. The summed E-state index contributed by atoms with van der Waals surface area (Å²) in [5, 5.41) is 8.72. The number of rotatable bonds is 6. The van der Waals surface area contributed by atoms with Crippen molar-refractivity contribution in [3.63, 3.8) is 0 Å².